The second kappa shape index (κ2) is 5.74. The number of aromatic nitrogens is 1. The highest BCUT2D eigenvalue weighted by molar-refractivity contribution is 5.85. The Hall–Kier alpha value is -2.06. The first-order valence-electron chi connectivity index (χ1n) is 7.49. The second-order valence-corrected chi connectivity index (χ2v) is 5.66. The van der Waals surface area contributed by atoms with Crippen LogP contribution in [0.3, 0.4) is 0 Å². The van der Waals surface area contributed by atoms with Crippen LogP contribution in [0.4, 0.5) is 0 Å². The van der Waals surface area contributed by atoms with E-state index in [-0.39, 0.29) is 0 Å². The van der Waals surface area contributed by atoms with Gasteiger partial charge in [-0.2, -0.15) is 0 Å². The van der Waals surface area contributed by atoms with Gasteiger partial charge in [0.05, 0.1) is 0 Å². The maximum Gasteiger partial charge on any atom is 0.0483 e. The molecule has 0 amide bonds. The molecule has 0 bridgehead atoms. The molecule has 21 heavy (non-hydrogen) atoms. The van der Waals surface area contributed by atoms with Gasteiger partial charge < -0.3 is 9.88 Å². The highest BCUT2D eigenvalue weighted by Crippen LogP contribution is 2.24. The van der Waals surface area contributed by atoms with Crippen LogP contribution in [0.2, 0.25) is 0 Å². The lowest BCUT2D eigenvalue weighted by Crippen LogP contribution is -2.20. The van der Waals surface area contributed by atoms with Crippen LogP contribution in [0.5, 0.6) is 0 Å². The van der Waals surface area contributed by atoms with Crippen molar-refractivity contribution in [1.82, 2.24) is 9.88 Å². The van der Waals surface area contributed by atoms with Gasteiger partial charge in [0.1, 0.15) is 0 Å². The van der Waals surface area contributed by atoms with E-state index in [1.807, 2.05) is 0 Å². The van der Waals surface area contributed by atoms with Crippen molar-refractivity contribution in [2.24, 2.45) is 7.05 Å². The van der Waals surface area contributed by atoms with Crippen LogP contribution in [0, 0.1) is 6.92 Å². The first-order valence-corrected chi connectivity index (χ1v) is 7.49. The van der Waals surface area contributed by atoms with E-state index in [4.69, 9.17) is 0 Å². The van der Waals surface area contributed by atoms with E-state index in [0.29, 0.717) is 6.04 Å². The van der Waals surface area contributed by atoms with Gasteiger partial charge in [0.2, 0.25) is 0 Å². The standard InChI is InChI=1S/C19H22N2/c1-14-17-11-7-8-12-18(17)21(3)19(14)13-20-15(2)16-9-5-4-6-10-16/h4-12,15,20H,13H2,1-3H3. The first kappa shape index (κ1) is 13.9. The average molecular weight is 278 g/mol. The molecule has 3 aromatic rings. The summed E-state index contributed by atoms with van der Waals surface area (Å²) in [7, 11) is 2.15. The van der Waals surface area contributed by atoms with E-state index in [0.717, 1.165) is 6.54 Å². The summed E-state index contributed by atoms with van der Waals surface area (Å²) in [6, 6.07) is 19.5. The summed E-state index contributed by atoms with van der Waals surface area (Å²) in [4.78, 5) is 0. The van der Waals surface area contributed by atoms with E-state index < -0.39 is 0 Å². The predicted molar refractivity (Wildman–Crippen MR) is 89.4 cm³/mol. The van der Waals surface area contributed by atoms with Gasteiger partial charge in [-0.25, -0.2) is 0 Å². The van der Waals surface area contributed by atoms with Gasteiger partial charge in [-0.15, -0.1) is 0 Å². The Kier molecular flexibility index (Phi) is 3.80. The number of nitrogens with one attached hydrogen (secondary N) is 1. The van der Waals surface area contributed by atoms with Crippen molar-refractivity contribution >= 4 is 10.9 Å². The number of nitrogens with zero attached hydrogens (tertiary/aromatic N) is 1. The summed E-state index contributed by atoms with van der Waals surface area (Å²) in [6.45, 7) is 5.31. The number of rotatable bonds is 4. The Morgan fingerprint density at radius 1 is 1.00 bits per heavy atom. The maximum absolute atomic E-state index is 3.64. The Morgan fingerprint density at radius 3 is 2.38 bits per heavy atom. The second-order valence-electron chi connectivity index (χ2n) is 5.66. The van der Waals surface area contributed by atoms with Crippen molar-refractivity contribution in [2.75, 3.05) is 0 Å². The molecule has 0 radical (unpaired) electrons. The zero-order valence-electron chi connectivity index (χ0n) is 12.9. The summed E-state index contributed by atoms with van der Waals surface area (Å²) < 4.78 is 2.30. The zero-order valence-corrected chi connectivity index (χ0v) is 12.9. The summed E-state index contributed by atoms with van der Waals surface area (Å²) in [6.07, 6.45) is 0. The van der Waals surface area contributed by atoms with Crippen LogP contribution >= 0.6 is 0 Å². The van der Waals surface area contributed by atoms with Crippen LogP contribution in [0.25, 0.3) is 10.9 Å². The van der Waals surface area contributed by atoms with Gasteiger partial charge in [-0.1, -0.05) is 48.5 Å². The molecule has 108 valence electrons. The smallest absolute Gasteiger partial charge is 0.0483 e. The number of aryl methyl sites for hydroxylation is 2. The van der Waals surface area contributed by atoms with Crippen molar-refractivity contribution in [2.45, 2.75) is 26.4 Å². The molecule has 0 saturated heterocycles. The van der Waals surface area contributed by atoms with E-state index in [9.17, 15) is 0 Å². The number of hydrogen-bond donors (Lipinski definition) is 1. The van der Waals surface area contributed by atoms with Crippen LogP contribution < -0.4 is 5.32 Å². The largest absolute Gasteiger partial charge is 0.346 e. The Morgan fingerprint density at radius 2 is 1.67 bits per heavy atom. The molecule has 0 aliphatic rings. The van der Waals surface area contributed by atoms with Gasteiger partial charge >= 0.3 is 0 Å². The quantitative estimate of drug-likeness (QED) is 0.751. The zero-order chi connectivity index (χ0) is 14.8. The fraction of sp³-hybridized carbons (Fsp3) is 0.263. The number of benzene rings is 2. The van der Waals surface area contributed by atoms with Gasteiger partial charge in [0, 0.05) is 36.2 Å². The Balaban J connectivity index is 1.83. The third-order valence-corrected chi connectivity index (χ3v) is 4.38. The predicted octanol–water partition coefficient (Wildman–Crippen LogP) is 4.34. The molecule has 1 heterocycles. The molecule has 1 aromatic heterocycles. The summed E-state index contributed by atoms with van der Waals surface area (Å²) in [5.74, 6) is 0. The minimum absolute atomic E-state index is 0.351. The van der Waals surface area contributed by atoms with Crippen molar-refractivity contribution in [3.63, 3.8) is 0 Å². The highest BCUT2D eigenvalue weighted by atomic mass is 15.0. The van der Waals surface area contributed by atoms with Crippen LogP contribution in [0.1, 0.15) is 29.8 Å². The van der Waals surface area contributed by atoms with Crippen LogP contribution in [-0.2, 0) is 13.6 Å². The number of fused-ring (bicyclic) bond motifs is 1. The molecule has 0 aliphatic carbocycles. The molecule has 1 unspecified atom stereocenters. The molecule has 1 N–H and O–H groups in total. The normalized spacial score (nSPS) is 12.7. The molecule has 2 heteroatoms. The summed E-state index contributed by atoms with van der Waals surface area (Å²) in [5, 5.41) is 4.99. The third kappa shape index (κ3) is 2.59. The lowest BCUT2D eigenvalue weighted by Gasteiger charge is -2.15. The average Bonchev–Trinajstić information content (AvgIpc) is 2.78. The Labute approximate surface area is 126 Å². The van der Waals surface area contributed by atoms with Gasteiger partial charge in [-0.3, -0.25) is 0 Å². The highest BCUT2D eigenvalue weighted by Gasteiger charge is 2.12. The molecular formula is C19H22N2. The molecule has 1 atom stereocenters. The summed E-state index contributed by atoms with van der Waals surface area (Å²) in [5.41, 5.74) is 5.37. The van der Waals surface area contributed by atoms with Crippen molar-refractivity contribution < 1.29 is 0 Å². The number of hydrogen-bond acceptors (Lipinski definition) is 1. The maximum atomic E-state index is 3.64. The fourth-order valence-corrected chi connectivity index (χ4v) is 3.00. The van der Waals surface area contributed by atoms with E-state index in [1.54, 1.807) is 0 Å². The SMILES string of the molecule is Cc1c(CNC(C)c2ccccc2)n(C)c2ccccc12. The molecule has 2 nitrogen and oxygen atoms in total. The summed E-state index contributed by atoms with van der Waals surface area (Å²) >= 11 is 0. The van der Waals surface area contributed by atoms with Crippen LogP contribution in [0.15, 0.2) is 54.6 Å². The molecule has 0 spiro atoms. The fourth-order valence-electron chi connectivity index (χ4n) is 3.00. The molecule has 2 aromatic carbocycles. The molecule has 0 saturated carbocycles. The lowest BCUT2D eigenvalue weighted by molar-refractivity contribution is 0.558. The van der Waals surface area contributed by atoms with E-state index >= 15 is 0 Å². The monoisotopic (exact) mass is 278 g/mol. The van der Waals surface area contributed by atoms with Gasteiger partial charge in [-0.05, 0) is 31.0 Å². The minimum Gasteiger partial charge on any atom is -0.346 e. The lowest BCUT2D eigenvalue weighted by atomic mass is 10.1. The van der Waals surface area contributed by atoms with Crippen LogP contribution in [-0.4, -0.2) is 4.57 Å². The Bertz CT molecular complexity index is 702. The van der Waals surface area contributed by atoms with Crippen molar-refractivity contribution in [3.05, 3.63) is 71.4 Å². The third-order valence-electron chi connectivity index (χ3n) is 4.38. The van der Waals surface area contributed by atoms with Gasteiger partial charge in [0.15, 0.2) is 0 Å². The van der Waals surface area contributed by atoms with Crippen molar-refractivity contribution in [1.29, 1.82) is 0 Å². The topological polar surface area (TPSA) is 17.0 Å². The molecular weight excluding hydrogens is 256 g/mol. The van der Waals surface area contributed by atoms with E-state index in [2.05, 4.69) is 85.4 Å². The van der Waals surface area contributed by atoms with E-state index in [1.165, 1.54) is 27.7 Å². The van der Waals surface area contributed by atoms with Gasteiger partial charge in [0.25, 0.3) is 0 Å². The molecule has 0 aliphatic heterocycles. The first-order chi connectivity index (χ1) is 10.2. The molecule has 0 fully saturated rings. The van der Waals surface area contributed by atoms with Crippen molar-refractivity contribution in [3.8, 4) is 0 Å². The minimum atomic E-state index is 0.351. The number of para-hydroxylation sites is 1. The molecule has 3 rings (SSSR count).